The highest BCUT2D eigenvalue weighted by atomic mass is 32.2. The molecule has 0 bridgehead atoms. The van der Waals surface area contributed by atoms with Gasteiger partial charge in [0.05, 0.1) is 31.1 Å². The van der Waals surface area contributed by atoms with Crippen LogP contribution in [0.1, 0.15) is 193 Å². The summed E-state index contributed by atoms with van der Waals surface area (Å²) in [7, 11) is 0.592. The minimum atomic E-state index is -2.92. The van der Waals surface area contributed by atoms with E-state index in [2.05, 4.69) is 197 Å². The van der Waals surface area contributed by atoms with E-state index in [1.165, 1.54) is 61.8 Å². The SMILES string of the molecule is CC(C)C(CN1CCCCC1)c1ccccc1.CC(C)C(CS(C)(=O)=O)c1ccccc1.CC(C)C(c1ccccc1)C1(O)CC1.CC(C)C1CCN(CC(C)(F)F)C1.COCC(C)(c1ccccc1)C(C)C.COCC(c1cccc(C)n1)C(C)C. The molecule has 8 rings (SSSR count). The fourth-order valence-corrected chi connectivity index (χ4v) is 13.4. The van der Waals surface area contributed by atoms with Crippen LogP contribution in [0, 0.1) is 48.3 Å². The molecule has 87 heavy (non-hydrogen) atoms. The Kier molecular flexibility index (Phi) is 33.9. The van der Waals surface area contributed by atoms with Gasteiger partial charge < -0.3 is 19.5 Å². The Morgan fingerprint density at radius 3 is 1.48 bits per heavy atom. The van der Waals surface area contributed by atoms with Crippen LogP contribution in [0.2, 0.25) is 0 Å². The number of benzene rings is 4. The van der Waals surface area contributed by atoms with Gasteiger partial charge in [-0.2, -0.15) is 0 Å². The standard InChI is InChI=1S/C16H25N.C13H18O.C13H20O.C12H19NO.C12H18O2S.C10H19F2N/c1-14(2)16(15-9-5-3-6-10-15)13-17-11-7-4-8-12-17;1-10(2)12(13(14)8-9-13)11-6-4-3-5-7-11;1-11(2)13(3,10-14-4)12-8-6-5-7-9-12;1-9(2)11(8-14-4)12-7-5-6-10(3)13-12;1-10(2)12(9-15(3,13)14)11-7-5-4-6-8-11;1-8(2)9-4-5-13(6-9)7-10(3,11)12/h3,5-6,9-10,14,16H,4,7-8,11-13H2,1-2H3;3-7,10,12,14H,8-9H2,1-2H3;5-9,11H,10H2,1-4H3;5-7,9,11H,8H2,1-4H3;4-8,10,12H,9H2,1-3H3;8-9H,4-7H2,1-3H3. The predicted molar refractivity (Wildman–Crippen MR) is 365 cm³/mol. The molecule has 3 heterocycles. The van der Waals surface area contributed by atoms with Crippen LogP contribution in [-0.4, -0.2) is 119 Å². The number of alkyl halides is 2. The zero-order chi connectivity index (χ0) is 65.0. The monoisotopic (exact) mass is 1220 g/mol. The lowest BCUT2D eigenvalue weighted by Crippen LogP contribution is -2.34. The van der Waals surface area contributed by atoms with E-state index >= 15 is 0 Å². The van der Waals surface area contributed by atoms with Crippen LogP contribution in [0.15, 0.2) is 140 Å². The number of rotatable bonds is 22. The normalized spacial score (nSPS) is 18.1. The Labute approximate surface area is 530 Å². The Hall–Kier alpha value is -4.36. The first kappa shape index (κ1) is 76.9. The number of hydrogen-bond donors (Lipinski definition) is 1. The molecule has 11 heteroatoms. The summed E-state index contributed by atoms with van der Waals surface area (Å²) in [6.45, 7) is 38.7. The quantitative estimate of drug-likeness (QED) is 0.0733. The lowest BCUT2D eigenvalue weighted by atomic mass is 9.74. The minimum Gasteiger partial charge on any atom is -0.389 e. The number of methoxy groups -OCH3 is 2. The number of nitrogens with zero attached hydrogens (tertiary/aromatic N) is 3. The third-order valence-corrected chi connectivity index (χ3v) is 18.9. The smallest absolute Gasteiger partial charge is 0.257 e. The Morgan fingerprint density at radius 1 is 0.609 bits per heavy atom. The summed E-state index contributed by atoms with van der Waals surface area (Å²) in [4.78, 5) is 9.07. The van der Waals surface area contributed by atoms with E-state index in [9.17, 15) is 22.3 Å². The number of aromatic nitrogens is 1. The summed E-state index contributed by atoms with van der Waals surface area (Å²) in [5.74, 6) is 3.12. The number of likely N-dealkylation sites (tertiary alicyclic amines) is 2. The van der Waals surface area contributed by atoms with Gasteiger partial charge in [0.1, 0.15) is 9.84 Å². The molecule has 0 spiro atoms. The average molecular weight is 1220 g/mol. The van der Waals surface area contributed by atoms with Gasteiger partial charge in [-0.25, -0.2) is 17.2 Å². The molecule has 1 aromatic heterocycles. The first-order valence-corrected chi connectivity index (χ1v) is 34.8. The van der Waals surface area contributed by atoms with Crippen molar-refractivity contribution >= 4 is 9.84 Å². The molecule has 1 aliphatic carbocycles. The van der Waals surface area contributed by atoms with Gasteiger partial charge in [0.2, 0.25) is 0 Å². The lowest BCUT2D eigenvalue weighted by Gasteiger charge is -2.33. The lowest BCUT2D eigenvalue weighted by molar-refractivity contribution is -0.00980. The van der Waals surface area contributed by atoms with Gasteiger partial charge in [-0.3, -0.25) is 9.88 Å². The highest BCUT2D eigenvalue weighted by Crippen LogP contribution is 2.50. The summed E-state index contributed by atoms with van der Waals surface area (Å²) in [5, 5.41) is 10.2. The number of hydrogen-bond acceptors (Lipinski definition) is 8. The molecule has 4 aromatic carbocycles. The topological polar surface area (TPSA) is 92.2 Å². The maximum atomic E-state index is 12.7. The Bertz CT molecular complexity index is 2680. The van der Waals surface area contributed by atoms with Crippen LogP contribution in [0.25, 0.3) is 0 Å². The van der Waals surface area contributed by atoms with E-state index in [0.29, 0.717) is 53.3 Å². The summed E-state index contributed by atoms with van der Waals surface area (Å²) in [5.41, 5.74) is 7.18. The van der Waals surface area contributed by atoms with Gasteiger partial charge in [0, 0.05) is 75.0 Å². The maximum absolute atomic E-state index is 12.7. The second kappa shape index (κ2) is 38.4. The Balaban J connectivity index is 0.000000274. The van der Waals surface area contributed by atoms with E-state index in [-0.39, 0.29) is 23.6 Å². The van der Waals surface area contributed by atoms with Crippen LogP contribution in [-0.2, 0) is 24.7 Å². The molecule has 6 atom stereocenters. The third kappa shape index (κ3) is 28.6. The van der Waals surface area contributed by atoms with Crippen LogP contribution in [0.3, 0.4) is 0 Å². The summed E-state index contributed by atoms with van der Waals surface area (Å²) in [6, 6.07) is 48.0. The molecule has 8 nitrogen and oxygen atoms in total. The number of aliphatic hydroxyl groups is 1. The highest BCUT2D eigenvalue weighted by Gasteiger charge is 2.49. The van der Waals surface area contributed by atoms with Crippen LogP contribution >= 0.6 is 0 Å². The van der Waals surface area contributed by atoms with Crippen LogP contribution in [0.4, 0.5) is 8.78 Å². The average Bonchev–Trinajstić information content (AvgIpc) is 1.81. The number of aryl methyl sites for hydroxylation is 1. The fourth-order valence-electron chi connectivity index (χ4n) is 12.2. The van der Waals surface area contributed by atoms with Crippen molar-refractivity contribution in [3.05, 3.63) is 173 Å². The van der Waals surface area contributed by atoms with E-state index in [4.69, 9.17) is 9.47 Å². The molecule has 2 saturated heterocycles. The van der Waals surface area contributed by atoms with Gasteiger partial charge >= 0.3 is 0 Å². The van der Waals surface area contributed by atoms with E-state index in [0.717, 1.165) is 75.4 Å². The summed E-state index contributed by atoms with van der Waals surface area (Å²) in [6.07, 6.45) is 8.50. The predicted octanol–water partition coefficient (Wildman–Crippen LogP) is 18.0. The van der Waals surface area contributed by atoms with Gasteiger partial charge in [-0.05, 0) is 140 Å². The molecule has 488 valence electrons. The van der Waals surface area contributed by atoms with Crippen molar-refractivity contribution < 1.29 is 31.8 Å². The number of sulfone groups is 1. The molecule has 3 aliphatic rings. The fraction of sp³-hybridized carbons (Fsp3) is 0.618. The van der Waals surface area contributed by atoms with Crippen LogP contribution in [0.5, 0.6) is 0 Å². The van der Waals surface area contributed by atoms with Crippen molar-refractivity contribution in [1.82, 2.24) is 14.8 Å². The van der Waals surface area contributed by atoms with Gasteiger partial charge in [0.15, 0.2) is 0 Å². The van der Waals surface area contributed by atoms with Crippen molar-refractivity contribution in [2.24, 2.45) is 41.4 Å². The molecular formula is C76H119F2N3O5S. The van der Waals surface area contributed by atoms with Gasteiger partial charge in [0.25, 0.3) is 5.92 Å². The largest absolute Gasteiger partial charge is 0.389 e. The first-order chi connectivity index (χ1) is 40.9. The van der Waals surface area contributed by atoms with Crippen molar-refractivity contribution in [2.75, 3.05) is 78.7 Å². The molecule has 6 unspecified atom stereocenters. The second-order valence-corrected chi connectivity index (χ2v) is 29.9. The van der Waals surface area contributed by atoms with Crippen molar-refractivity contribution in [2.45, 2.75) is 183 Å². The molecule has 1 saturated carbocycles. The molecule has 5 aromatic rings. The van der Waals surface area contributed by atoms with Crippen molar-refractivity contribution in [3.63, 3.8) is 0 Å². The molecular weight excluding hydrogens is 1100 g/mol. The first-order valence-electron chi connectivity index (χ1n) is 32.8. The second-order valence-electron chi connectivity index (χ2n) is 27.7. The minimum absolute atomic E-state index is 0.0732. The van der Waals surface area contributed by atoms with Gasteiger partial charge in [-0.15, -0.1) is 0 Å². The van der Waals surface area contributed by atoms with Gasteiger partial charge in [-0.1, -0.05) is 224 Å². The van der Waals surface area contributed by atoms with E-state index < -0.39 is 21.4 Å². The zero-order valence-electron chi connectivity index (χ0n) is 57.3. The summed E-state index contributed by atoms with van der Waals surface area (Å²) < 4.78 is 58.5. The molecule has 0 radical (unpaired) electrons. The Morgan fingerprint density at radius 2 is 1.09 bits per heavy atom. The van der Waals surface area contributed by atoms with Crippen molar-refractivity contribution in [1.29, 1.82) is 0 Å². The highest BCUT2D eigenvalue weighted by molar-refractivity contribution is 7.90. The number of pyridine rings is 1. The molecule has 1 N–H and O–H groups in total. The van der Waals surface area contributed by atoms with E-state index in [1.807, 2.05) is 54.3 Å². The van der Waals surface area contributed by atoms with Crippen LogP contribution < -0.4 is 0 Å². The maximum Gasteiger partial charge on any atom is 0.257 e. The van der Waals surface area contributed by atoms with Crippen molar-refractivity contribution in [3.8, 4) is 0 Å². The number of halogens is 2. The third-order valence-electron chi connectivity index (χ3n) is 18.0. The molecule has 2 aliphatic heterocycles. The number of piperidine rings is 1. The molecule has 0 amide bonds. The van der Waals surface area contributed by atoms with E-state index in [1.54, 1.807) is 14.2 Å². The number of ether oxygens (including phenoxy) is 2. The zero-order valence-corrected chi connectivity index (χ0v) is 58.1. The summed E-state index contributed by atoms with van der Waals surface area (Å²) >= 11 is 0. The molecule has 3 fully saturated rings.